The van der Waals surface area contributed by atoms with E-state index in [0.717, 1.165) is 5.52 Å². The molecule has 13 heteroatoms. The van der Waals surface area contributed by atoms with Crippen molar-refractivity contribution < 1.29 is 34.0 Å². The van der Waals surface area contributed by atoms with Gasteiger partial charge in [0.2, 0.25) is 0 Å². The Morgan fingerprint density at radius 2 is 1.81 bits per heavy atom. The van der Waals surface area contributed by atoms with Crippen LogP contribution in [0.15, 0.2) is 59.7 Å². The molecule has 0 fully saturated rings. The maximum absolute atomic E-state index is 12.4. The quantitative estimate of drug-likeness (QED) is 0.181. The number of hydrogen-bond acceptors (Lipinski definition) is 9. The van der Waals surface area contributed by atoms with Crippen LogP contribution in [-0.4, -0.2) is 83.2 Å². The summed E-state index contributed by atoms with van der Waals surface area (Å²) in [6, 6.07) is 10.8. The van der Waals surface area contributed by atoms with Crippen LogP contribution in [0.1, 0.15) is 0 Å². The Labute approximate surface area is 184 Å². The molecular weight excluding hydrogens is 485 g/mol. The minimum atomic E-state index is -4.18. The molecule has 0 saturated carbocycles. The first-order valence-electron chi connectivity index (χ1n) is 8.28. The van der Waals surface area contributed by atoms with E-state index in [9.17, 15) is 18.4 Å². The second-order valence-electron chi connectivity index (χ2n) is 5.66. The molecule has 0 radical (unpaired) electrons. The third-order valence-corrected chi connectivity index (χ3v) is 3.42. The molecule has 10 nitrogen and oxygen atoms in total. The minimum Gasteiger partial charge on any atom is -0.256 e. The van der Waals surface area contributed by atoms with Gasteiger partial charge in [0.15, 0.2) is 6.10 Å². The van der Waals surface area contributed by atoms with E-state index in [4.69, 9.17) is 26.2 Å². The first-order chi connectivity index (χ1) is 14.1. The normalized spacial score (nSPS) is 13.7. The maximum atomic E-state index is 12.4. The van der Waals surface area contributed by atoms with Gasteiger partial charge < -0.3 is 31.1 Å². The first kappa shape index (κ1) is 28.2. The number of para-hydroxylation sites is 1. The van der Waals surface area contributed by atoms with Crippen molar-refractivity contribution in [2.45, 2.75) is 18.1 Å². The van der Waals surface area contributed by atoms with E-state index in [2.05, 4.69) is 27.1 Å². The summed E-state index contributed by atoms with van der Waals surface area (Å²) in [4.78, 5) is 29.8. The average Bonchev–Trinajstić information content (AvgIpc) is 2.73. The molecule has 0 aliphatic heterocycles. The van der Waals surface area contributed by atoms with E-state index in [0.29, 0.717) is 0 Å². The number of nitrogens with one attached hydrogen (secondary N) is 1. The number of aromatic amines is 1. The fourth-order valence-corrected chi connectivity index (χ4v) is 1.87. The smallest absolute Gasteiger partial charge is 0.0701 e. The van der Waals surface area contributed by atoms with Crippen LogP contribution in [0, 0.1) is 0 Å². The summed E-state index contributed by atoms with van der Waals surface area (Å²) in [6.07, 6.45) is -1.58. The summed E-state index contributed by atoms with van der Waals surface area (Å²) in [6.45, 7) is -1.11. The third kappa shape index (κ3) is 9.26. The molecule has 3 atom stereocenters. The van der Waals surface area contributed by atoms with Crippen LogP contribution < -0.4 is 11.4 Å². The number of H-pyrrole nitrogens is 1. The van der Waals surface area contributed by atoms with Crippen molar-refractivity contribution >= 4 is 39.8 Å². The summed E-state index contributed by atoms with van der Waals surface area (Å²) in [5.74, 6) is -3.93. The monoisotopic (exact) mass is 508 g/mol. The molecule has 0 aliphatic rings. The van der Waals surface area contributed by atoms with Gasteiger partial charge in [-0.2, -0.15) is 13.8 Å². The van der Waals surface area contributed by atoms with Crippen molar-refractivity contribution in [3.05, 3.63) is 65.3 Å². The van der Waals surface area contributed by atoms with E-state index in [-0.39, 0.29) is 22.9 Å². The zero-order valence-corrected chi connectivity index (χ0v) is 18.0. The number of anilines is 1. The van der Waals surface area contributed by atoms with Gasteiger partial charge in [-0.3, -0.25) is 9.78 Å². The number of hydrogen-bond donors (Lipinski definition) is 6. The van der Waals surface area contributed by atoms with Crippen molar-refractivity contribution in [2.75, 3.05) is 12.3 Å². The second-order valence-corrected chi connectivity index (χ2v) is 5.66. The van der Waals surface area contributed by atoms with Gasteiger partial charge in [-0.25, -0.2) is 4.79 Å². The van der Waals surface area contributed by atoms with Gasteiger partial charge in [-0.15, -0.1) is 0 Å². The van der Waals surface area contributed by atoms with Crippen LogP contribution in [0.25, 0.3) is 10.9 Å². The third-order valence-electron chi connectivity index (χ3n) is 3.42. The summed E-state index contributed by atoms with van der Waals surface area (Å²) >= 11 is 0. The van der Waals surface area contributed by atoms with Gasteiger partial charge in [0.25, 0.3) is 0 Å². The van der Waals surface area contributed by atoms with E-state index in [1.165, 1.54) is 17.6 Å². The van der Waals surface area contributed by atoms with Crippen LogP contribution in [0.3, 0.4) is 0 Å². The second kappa shape index (κ2) is 13.5. The number of alkyl halides is 1. The molecule has 0 saturated heterocycles. The predicted molar refractivity (Wildman–Crippen MR) is 111 cm³/mol. The number of aliphatic hydroxyl groups is 4. The Morgan fingerprint density at radius 1 is 1.19 bits per heavy atom. The fraction of sp³-hybridized carbons (Fsp3) is 0.222. The number of nitrogens with zero attached hydrogens (tertiary/aromatic N) is 2. The molecular formula is C18H22F2N4O6Se. The number of carbonyl (C=O) groups is 1. The van der Waals surface area contributed by atoms with Gasteiger partial charge >= 0.3 is 34.7 Å². The number of aliphatic hydroxyl groups excluding tert-OH is 3. The summed E-state index contributed by atoms with van der Waals surface area (Å²) < 4.78 is 24.0. The number of nitrogen functional groups attached to an aromatic ring is 1. The number of fused-ring (bicyclic) bond motifs is 1. The molecule has 0 bridgehead atoms. The number of nitrogens with two attached hydrogens (primary N) is 1. The molecule has 2 aromatic heterocycles. The average molecular weight is 507 g/mol. The van der Waals surface area contributed by atoms with Crippen LogP contribution in [-0.2, 0) is 4.79 Å². The fourth-order valence-electron chi connectivity index (χ4n) is 1.87. The summed E-state index contributed by atoms with van der Waals surface area (Å²) in [7, 11) is 0. The minimum absolute atomic E-state index is 0. The zero-order valence-electron chi connectivity index (χ0n) is 15.9. The number of halogens is 2. The Bertz CT molecular complexity index is 942. The van der Waals surface area contributed by atoms with Gasteiger partial charge in [0.1, 0.15) is 11.9 Å². The molecule has 3 aromatic rings. The molecule has 3 rings (SSSR count). The van der Waals surface area contributed by atoms with Gasteiger partial charge in [0, 0.05) is 17.8 Å². The number of benzene rings is 1. The van der Waals surface area contributed by atoms with Crippen LogP contribution >= 0.6 is 0 Å². The molecule has 170 valence electrons. The summed E-state index contributed by atoms with van der Waals surface area (Å²) in [5, 5.41) is 34.6. The molecule has 0 aliphatic carbocycles. The molecule has 7 N–H and O–H groups in total. The SMILES string of the molecule is Nc1cc[nH]c(=O)n1.O=C(F)[C@@](O)(F)C(O)C(O)CO.[SeH2].c1ccc2ncccc2c1. The Kier molecular flexibility index (Phi) is 12.3. The molecule has 0 amide bonds. The molecule has 2 unspecified atom stereocenters. The van der Waals surface area contributed by atoms with Crippen molar-refractivity contribution in [3.8, 4) is 0 Å². The van der Waals surface area contributed by atoms with E-state index < -0.39 is 36.4 Å². The van der Waals surface area contributed by atoms with Crippen LogP contribution in [0.5, 0.6) is 0 Å². The van der Waals surface area contributed by atoms with Gasteiger partial charge in [-0.1, -0.05) is 24.3 Å². The zero-order chi connectivity index (χ0) is 22.7. The van der Waals surface area contributed by atoms with Crippen molar-refractivity contribution in [3.63, 3.8) is 0 Å². The first-order valence-corrected chi connectivity index (χ1v) is 8.28. The van der Waals surface area contributed by atoms with E-state index >= 15 is 0 Å². The molecule has 2 heterocycles. The molecule has 0 spiro atoms. The largest absolute Gasteiger partial charge is 0.256 e. The number of rotatable bonds is 4. The standard InChI is InChI=1S/C9H7N.C5H8F2O5.C4H5N3O.H2Se/c1-2-6-9-8(4-1)5-3-7-10-9;6-4(11)5(7,12)3(10)2(9)1-8;5-3-1-2-6-4(8)7-3;/h1-7H;2-3,8-10,12H,1H2;1-2H,(H3,5,6,7,8);1H2/t;2?,3?,5-;;/m.1../s1. The maximum Gasteiger partial charge on any atom is 0.0701 e. The van der Waals surface area contributed by atoms with Gasteiger partial charge in [0.05, 0.1) is 12.1 Å². The van der Waals surface area contributed by atoms with Gasteiger partial charge in [-0.05, 0) is 18.2 Å². The number of aromatic nitrogens is 3. The van der Waals surface area contributed by atoms with Crippen molar-refractivity contribution in [1.29, 1.82) is 0 Å². The Balaban J connectivity index is 0.000000435. The molecule has 31 heavy (non-hydrogen) atoms. The van der Waals surface area contributed by atoms with Crippen LogP contribution in [0.2, 0.25) is 0 Å². The summed E-state index contributed by atoms with van der Waals surface area (Å²) in [5.41, 5.74) is 5.78. The van der Waals surface area contributed by atoms with E-state index in [1.807, 2.05) is 30.5 Å². The Hall–Kier alpha value is -2.80. The number of carbonyl (C=O) groups excluding carboxylic acids is 1. The Morgan fingerprint density at radius 3 is 2.29 bits per heavy atom. The molecule has 1 aromatic carbocycles. The van der Waals surface area contributed by atoms with Crippen molar-refractivity contribution in [1.82, 2.24) is 15.0 Å². The van der Waals surface area contributed by atoms with E-state index in [1.54, 1.807) is 0 Å². The number of pyridine rings is 1. The predicted octanol–water partition coefficient (Wildman–Crippen LogP) is -1.47. The van der Waals surface area contributed by atoms with Crippen molar-refractivity contribution in [2.24, 2.45) is 0 Å². The van der Waals surface area contributed by atoms with Crippen LogP contribution in [0.4, 0.5) is 14.6 Å². The topological polar surface area (TPSA) is 183 Å².